The van der Waals surface area contributed by atoms with E-state index >= 15 is 0 Å². The van der Waals surface area contributed by atoms with E-state index in [-0.39, 0.29) is 0 Å². The molecule has 0 atom stereocenters. The highest BCUT2D eigenvalue weighted by atomic mass is 79.9. The molecule has 1 aromatic rings. The molecule has 3 heteroatoms. The third-order valence-electron chi connectivity index (χ3n) is 0.963. The van der Waals surface area contributed by atoms with Gasteiger partial charge in [0.2, 0.25) is 5.95 Å². The molecule has 0 saturated heterocycles. The second-order valence-corrected chi connectivity index (χ2v) is 2.50. The quantitative estimate of drug-likeness (QED) is 0.460. The van der Waals surface area contributed by atoms with Crippen LogP contribution in [0.4, 0.5) is 4.39 Å². The van der Waals surface area contributed by atoms with Crippen LogP contribution in [-0.2, 0) is 0 Å². The molecule has 0 saturated carbocycles. The van der Waals surface area contributed by atoms with Crippen molar-refractivity contribution in [2.45, 2.75) is 0 Å². The van der Waals surface area contributed by atoms with Gasteiger partial charge in [-0.15, -0.1) is 6.42 Å². The molecule has 0 aliphatic carbocycles. The van der Waals surface area contributed by atoms with Gasteiger partial charge >= 0.3 is 0 Å². The van der Waals surface area contributed by atoms with Crippen LogP contribution in [0.25, 0.3) is 0 Å². The lowest BCUT2D eigenvalue weighted by Gasteiger charge is -1.91. The Morgan fingerprint density at radius 1 is 1.70 bits per heavy atom. The van der Waals surface area contributed by atoms with E-state index in [4.69, 9.17) is 6.42 Å². The van der Waals surface area contributed by atoms with E-state index < -0.39 is 5.95 Å². The van der Waals surface area contributed by atoms with Gasteiger partial charge in [0.1, 0.15) is 0 Å². The second-order valence-electron chi connectivity index (χ2n) is 1.64. The van der Waals surface area contributed by atoms with Gasteiger partial charge in [-0.05, 0) is 22.0 Å². The van der Waals surface area contributed by atoms with Gasteiger partial charge in [-0.2, -0.15) is 4.39 Å². The summed E-state index contributed by atoms with van der Waals surface area (Å²) >= 11 is 2.95. The minimum absolute atomic E-state index is 0.294. The molecule has 0 amide bonds. The first-order valence-electron chi connectivity index (χ1n) is 2.51. The number of hydrogen-bond donors (Lipinski definition) is 0. The van der Waals surface area contributed by atoms with E-state index in [1.165, 1.54) is 12.3 Å². The summed E-state index contributed by atoms with van der Waals surface area (Å²) in [5.74, 6) is 1.79. The molecule has 0 N–H and O–H groups in total. The molecule has 0 bridgehead atoms. The molecular formula is C7H3BrFN. The highest BCUT2D eigenvalue weighted by Gasteiger charge is 1.98. The minimum Gasteiger partial charge on any atom is -0.226 e. The van der Waals surface area contributed by atoms with Crippen molar-refractivity contribution in [3.63, 3.8) is 0 Å². The maximum absolute atomic E-state index is 12.4. The van der Waals surface area contributed by atoms with Gasteiger partial charge in [0, 0.05) is 11.8 Å². The molecule has 1 heterocycles. The van der Waals surface area contributed by atoms with Gasteiger partial charge in [0.05, 0.1) is 4.47 Å². The normalized spacial score (nSPS) is 8.90. The van der Waals surface area contributed by atoms with Gasteiger partial charge < -0.3 is 0 Å². The number of pyridine rings is 1. The summed E-state index contributed by atoms with van der Waals surface area (Å²) < 4.78 is 12.7. The van der Waals surface area contributed by atoms with Crippen LogP contribution < -0.4 is 0 Å². The molecule has 1 aromatic heterocycles. The Hall–Kier alpha value is -0.880. The molecule has 0 spiro atoms. The van der Waals surface area contributed by atoms with Crippen LogP contribution in [0.1, 0.15) is 5.56 Å². The SMILES string of the molecule is C#Cc1cnc(F)c(Br)c1. The third-order valence-corrected chi connectivity index (χ3v) is 1.52. The predicted octanol–water partition coefficient (Wildman–Crippen LogP) is 1.96. The summed E-state index contributed by atoms with van der Waals surface area (Å²) in [6.07, 6.45) is 6.34. The number of halogens is 2. The Morgan fingerprint density at radius 2 is 2.40 bits per heavy atom. The molecular weight excluding hydrogens is 197 g/mol. The van der Waals surface area contributed by atoms with Gasteiger partial charge in [-0.25, -0.2) is 4.98 Å². The second kappa shape index (κ2) is 2.80. The van der Waals surface area contributed by atoms with E-state index in [0.717, 1.165) is 0 Å². The summed E-state index contributed by atoms with van der Waals surface area (Å²) in [4.78, 5) is 3.39. The van der Waals surface area contributed by atoms with Crippen LogP contribution >= 0.6 is 15.9 Å². The smallest absolute Gasteiger partial charge is 0.226 e. The average Bonchev–Trinajstić information content (AvgIpc) is 1.95. The minimum atomic E-state index is -0.543. The highest BCUT2D eigenvalue weighted by Crippen LogP contribution is 2.13. The van der Waals surface area contributed by atoms with Gasteiger partial charge in [-0.1, -0.05) is 5.92 Å². The Bertz CT molecular complexity index is 290. The molecule has 10 heavy (non-hydrogen) atoms. The van der Waals surface area contributed by atoms with Crippen LogP contribution in [0.5, 0.6) is 0 Å². The fraction of sp³-hybridized carbons (Fsp3) is 0. The summed E-state index contributed by atoms with van der Waals surface area (Å²) in [5.41, 5.74) is 0.563. The zero-order valence-corrected chi connectivity index (χ0v) is 6.52. The van der Waals surface area contributed by atoms with Gasteiger partial charge in [-0.3, -0.25) is 0 Å². The van der Waals surface area contributed by atoms with Crippen LogP contribution in [0, 0.1) is 18.3 Å². The Kier molecular flexibility index (Phi) is 2.03. The van der Waals surface area contributed by atoms with Crippen LogP contribution in [0.3, 0.4) is 0 Å². The largest absolute Gasteiger partial charge is 0.227 e. The van der Waals surface area contributed by atoms with Crippen molar-refractivity contribution in [2.24, 2.45) is 0 Å². The number of rotatable bonds is 0. The molecule has 0 aromatic carbocycles. The lowest BCUT2D eigenvalue weighted by atomic mass is 10.3. The fourth-order valence-electron chi connectivity index (χ4n) is 0.500. The molecule has 0 aliphatic heterocycles. The van der Waals surface area contributed by atoms with Crippen LogP contribution in [-0.4, -0.2) is 4.98 Å². The Morgan fingerprint density at radius 3 is 2.90 bits per heavy atom. The monoisotopic (exact) mass is 199 g/mol. The molecule has 1 rings (SSSR count). The molecule has 50 valence electrons. The first-order chi connectivity index (χ1) is 4.74. The van der Waals surface area contributed by atoms with Gasteiger partial charge in [0.15, 0.2) is 0 Å². The zero-order chi connectivity index (χ0) is 7.56. The molecule has 0 unspecified atom stereocenters. The Labute approximate surface area is 66.4 Å². The lowest BCUT2D eigenvalue weighted by Crippen LogP contribution is -1.84. The van der Waals surface area contributed by atoms with Crippen LogP contribution in [0.15, 0.2) is 16.7 Å². The maximum Gasteiger partial charge on any atom is 0.227 e. The van der Waals surface area contributed by atoms with E-state index in [1.54, 1.807) is 0 Å². The van der Waals surface area contributed by atoms with Crippen molar-refractivity contribution in [1.82, 2.24) is 4.98 Å². The lowest BCUT2D eigenvalue weighted by molar-refractivity contribution is 0.576. The number of hydrogen-bond acceptors (Lipinski definition) is 1. The van der Waals surface area contributed by atoms with Crippen molar-refractivity contribution >= 4 is 15.9 Å². The third kappa shape index (κ3) is 1.34. The molecule has 1 nitrogen and oxygen atoms in total. The standard InChI is InChI=1S/C7H3BrFN/c1-2-5-3-6(8)7(9)10-4-5/h1,3-4H. The van der Waals surface area contributed by atoms with Crippen molar-refractivity contribution in [1.29, 1.82) is 0 Å². The topological polar surface area (TPSA) is 12.9 Å². The first kappa shape index (κ1) is 7.23. The van der Waals surface area contributed by atoms with Crippen LogP contribution in [0.2, 0.25) is 0 Å². The summed E-state index contributed by atoms with van der Waals surface area (Å²) in [6, 6.07) is 1.50. The number of nitrogens with zero attached hydrogens (tertiary/aromatic N) is 1. The maximum atomic E-state index is 12.4. The Balaban J connectivity index is 3.20. The van der Waals surface area contributed by atoms with E-state index in [1.807, 2.05) is 0 Å². The van der Waals surface area contributed by atoms with Crippen molar-refractivity contribution in [3.05, 3.63) is 28.2 Å². The van der Waals surface area contributed by atoms with Gasteiger partial charge in [0.25, 0.3) is 0 Å². The molecule has 0 aliphatic rings. The number of terminal acetylenes is 1. The molecule has 0 radical (unpaired) electrons. The van der Waals surface area contributed by atoms with Crippen molar-refractivity contribution in [2.75, 3.05) is 0 Å². The summed E-state index contributed by atoms with van der Waals surface area (Å²) in [5, 5.41) is 0. The average molecular weight is 200 g/mol. The van der Waals surface area contributed by atoms with E-state index in [0.29, 0.717) is 10.0 Å². The number of aromatic nitrogens is 1. The fourth-order valence-corrected chi connectivity index (χ4v) is 0.849. The molecule has 0 fully saturated rings. The zero-order valence-electron chi connectivity index (χ0n) is 4.94. The predicted molar refractivity (Wildman–Crippen MR) is 39.8 cm³/mol. The summed E-state index contributed by atoms with van der Waals surface area (Å²) in [6.45, 7) is 0. The van der Waals surface area contributed by atoms with E-state index in [2.05, 4.69) is 26.8 Å². The van der Waals surface area contributed by atoms with Crippen molar-refractivity contribution in [3.8, 4) is 12.3 Å². The summed E-state index contributed by atoms with van der Waals surface area (Å²) in [7, 11) is 0. The van der Waals surface area contributed by atoms with Crippen molar-refractivity contribution < 1.29 is 4.39 Å². The van der Waals surface area contributed by atoms with E-state index in [9.17, 15) is 4.39 Å². The first-order valence-corrected chi connectivity index (χ1v) is 3.31. The highest BCUT2D eigenvalue weighted by molar-refractivity contribution is 9.10.